The first-order chi connectivity index (χ1) is 9.06. The van der Waals surface area contributed by atoms with Gasteiger partial charge in [0.05, 0.1) is 11.8 Å². The Hall–Kier alpha value is -2.04. The van der Waals surface area contributed by atoms with Crippen LogP contribution < -0.4 is 11.1 Å². The summed E-state index contributed by atoms with van der Waals surface area (Å²) < 4.78 is 0. The molecule has 0 aliphatic heterocycles. The molecule has 1 amide bonds. The van der Waals surface area contributed by atoms with E-state index >= 15 is 0 Å². The Morgan fingerprint density at radius 1 is 1.25 bits per heavy atom. The largest absolute Gasteiger partial charge is 0.481 e. The highest BCUT2D eigenvalue weighted by Crippen LogP contribution is 2.30. The molecular formula is C15H22N2O3. The molecule has 0 unspecified atom stereocenters. The van der Waals surface area contributed by atoms with Crippen molar-refractivity contribution in [3.8, 4) is 0 Å². The highest BCUT2D eigenvalue weighted by Gasteiger charge is 2.44. The number of benzene rings is 1. The highest BCUT2D eigenvalue weighted by molar-refractivity contribution is 5.82. The maximum absolute atomic E-state index is 12.1. The number of nitrogens with one attached hydrogen (secondary N) is 1. The number of amides is 1. The molecule has 0 saturated heterocycles. The number of nitrogens with two attached hydrogens (primary N) is 1. The second-order valence-electron chi connectivity index (χ2n) is 6.03. The van der Waals surface area contributed by atoms with E-state index in [9.17, 15) is 14.7 Å². The zero-order valence-corrected chi connectivity index (χ0v) is 12.4. The zero-order valence-electron chi connectivity index (χ0n) is 12.4. The zero-order chi connectivity index (χ0) is 15.6. The van der Waals surface area contributed by atoms with Gasteiger partial charge in [-0.2, -0.15) is 0 Å². The number of anilines is 1. The first-order valence-corrected chi connectivity index (χ1v) is 6.45. The fraction of sp³-hybridized carbons (Fsp3) is 0.467. The third-order valence-corrected chi connectivity index (χ3v) is 3.86. The minimum atomic E-state index is -1.07. The molecule has 110 valence electrons. The lowest BCUT2D eigenvalue weighted by atomic mass is 9.74. The van der Waals surface area contributed by atoms with Crippen LogP contribution in [0.25, 0.3) is 0 Å². The van der Waals surface area contributed by atoms with Gasteiger partial charge in [-0.1, -0.05) is 12.1 Å². The van der Waals surface area contributed by atoms with E-state index in [1.165, 1.54) is 0 Å². The second-order valence-corrected chi connectivity index (χ2v) is 6.03. The van der Waals surface area contributed by atoms with Crippen LogP contribution in [0.1, 0.15) is 33.3 Å². The summed E-state index contributed by atoms with van der Waals surface area (Å²) in [6, 6.07) is 7.07. The van der Waals surface area contributed by atoms with Gasteiger partial charge in [-0.05, 0) is 45.4 Å². The molecule has 0 saturated carbocycles. The Labute approximate surface area is 119 Å². The van der Waals surface area contributed by atoms with Crippen LogP contribution in [-0.2, 0) is 16.0 Å². The number of rotatable bonds is 5. The number of aliphatic carboxylic acids is 1. The summed E-state index contributed by atoms with van der Waals surface area (Å²) in [4.78, 5) is 23.3. The Balaban J connectivity index is 2.78. The molecule has 4 N–H and O–H groups in total. The molecule has 20 heavy (non-hydrogen) atoms. The summed E-state index contributed by atoms with van der Waals surface area (Å²) in [6.07, 6.45) is 0.171. The van der Waals surface area contributed by atoms with Crippen molar-refractivity contribution in [1.29, 1.82) is 0 Å². The van der Waals surface area contributed by atoms with Crippen LogP contribution in [-0.4, -0.2) is 22.5 Å². The fourth-order valence-electron chi connectivity index (χ4n) is 1.70. The molecule has 0 fully saturated rings. The van der Waals surface area contributed by atoms with E-state index in [-0.39, 0.29) is 12.3 Å². The minimum Gasteiger partial charge on any atom is -0.481 e. The standard InChI is InChI=1S/C15H22N2O3/c1-14(2,13(19)20)15(3,4)17-12(18)9-10-6-5-7-11(16)8-10/h5-8H,9,16H2,1-4H3,(H,17,18)(H,19,20). The van der Waals surface area contributed by atoms with Crippen LogP contribution in [0, 0.1) is 5.41 Å². The molecule has 1 rings (SSSR count). The highest BCUT2D eigenvalue weighted by atomic mass is 16.4. The topological polar surface area (TPSA) is 92.4 Å². The fourth-order valence-corrected chi connectivity index (χ4v) is 1.70. The van der Waals surface area contributed by atoms with Crippen LogP contribution in [0.2, 0.25) is 0 Å². The number of carbonyl (C=O) groups excluding carboxylic acids is 1. The van der Waals surface area contributed by atoms with Gasteiger partial charge in [0.1, 0.15) is 0 Å². The van der Waals surface area contributed by atoms with Crippen molar-refractivity contribution in [3.05, 3.63) is 29.8 Å². The Kier molecular flexibility index (Phi) is 4.43. The monoisotopic (exact) mass is 278 g/mol. The summed E-state index contributed by atoms with van der Waals surface area (Å²) in [7, 11) is 0. The maximum atomic E-state index is 12.1. The van der Waals surface area contributed by atoms with Gasteiger partial charge in [-0.3, -0.25) is 9.59 Å². The van der Waals surface area contributed by atoms with E-state index in [0.29, 0.717) is 5.69 Å². The summed E-state index contributed by atoms with van der Waals surface area (Å²) in [5, 5.41) is 12.0. The van der Waals surface area contributed by atoms with Gasteiger partial charge >= 0.3 is 5.97 Å². The SMILES string of the molecule is CC(C)(NC(=O)Cc1cccc(N)c1)C(C)(C)C(=O)O. The third kappa shape index (κ3) is 3.50. The Morgan fingerprint density at radius 3 is 2.35 bits per heavy atom. The van der Waals surface area contributed by atoms with E-state index in [1.54, 1.807) is 45.9 Å². The van der Waals surface area contributed by atoms with E-state index < -0.39 is 16.9 Å². The van der Waals surface area contributed by atoms with Crippen molar-refractivity contribution in [2.24, 2.45) is 5.41 Å². The average molecular weight is 278 g/mol. The van der Waals surface area contributed by atoms with Gasteiger partial charge in [-0.15, -0.1) is 0 Å². The molecule has 0 aliphatic rings. The molecule has 5 nitrogen and oxygen atoms in total. The van der Waals surface area contributed by atoms with Gasteiger partial charge in [0.25, 0.3) is 0 Å². The van der Waals surface area contributed by atoms with Gasteiger partial charge in [0.15, 0.2) is 0 Å². The molecule has 0 atom stereocenters. The summed E-state index contributed by atoms with van der Waals surface area (Å²) in [5.41, 5.74) is 5.12. The molecule has 1 aromatic rings. The van der Waals surface area contributed by atoms with Crippen molar-refractivity contribution < 1.29 is 14.7 Å². The molecule has 0 bridgehead atoms. The predicted octanol–water partition coefficient (Wildman–Crippen LogP) is 1.82. The molecule has 0 radical (unpaired) electrons. The molecule has 1 aromatic carbocycles. The molecular weight excluding hydrogens is 256 g/mol. The van der Waals surface area contributed by atoms with Gasteiger partial charge in [-0.25, -0.2) is 0 Å². The molecule has 0 aliphatic carbocycles. The molecule has 0 heterocycles. The first-order valence-electron chi connectivity index (χ1n) is 6.45. The second kappa shape index (κ2) is 5.53. The van der Waals surface area contributed by atoms with Crippen molar-refractivity contribution in [2.75, 3.05) is 5.73 Å². The van der Waals surface area contributed by atoms with Crippen LogP contribution in [0.3, 0.4) is 0 Å². The number of nitrogen functional groups attached to an aromatic ring is 1. The summed E-state index contributed by atoms with van der Waals surface area (Å²) >= 11 is 0. The number of hydrogen-bond donors (Lipinski definition) is 3. The van der Waals surface area contributed by atoms with Gasteiger partial charge in [0, 0.05) is 11.2 Å². The van der Waals surface area contributed by atoms with Crippen molar-refractivity contribution in [1.82, 2.24) is 5.32 Å². The number of carboxylic acids is 1. The number of carboxylic acid groups (broad SMARTS) is 1. The normalized spacial score (nSPS) is 12.0. The van der Waals surface area contributed by atoms with E-state index in [0.717, 1.165) is 5.56 Å². The van der Waals surface area contributed by atoms with Crippen LogP contribution in [0.15, 0.2) is 24.3 Å². The molecule has 0 aromatic heterocycles. The number of carbonyl (C=O) groups is 2. The van der Waals surface area contributed by atoms with E-state index in [4.69, 9.17) is 5.73 Å². The van der Waals surface area contributed by atoms with Gasteiger partial charge < -0.3 is 16.2 Å². The van der Waals surface area contributed by atoms with Crippen molar-refractivity contribution in [3.63, 3.8) is 0 Å². The lowest BCUT2D eigenvalue weighted by Gasteiger charge is -2.38. The molecule has 0 spiro atoms. The summed E-state index contributed by atoms with van der Waals surface area (Å²) in [5.74, 6) is -1.18. The maximum Gasteiger partial charge on any atom is 0.311 e. The van der Waals surface area contributed by atoms with Crippen LogP contribution >= 0.6 is 0 Å². The predicted molar refractivity (Wildman–Crippen MR) is 78.2 cm³/mol. The average Bonchev–Trinajstić information content (AvgIpc) is 2.27. The Morgan fingerprint density at radius 2 is 1.85 bits per heavy atom. The number of hydrogen-bond acceptors (Lipinski definition) is 3. The van der Waals surface area contributed by atoms with E-state index in [1.807, 2.05) is 6.07 Å². The van der Waals surface area contributed by atoms with Crippen molar-refractivity contribution >= 4 is 17.6 Å². The lowest BCUT2D eigenvalue weighted by Crippen LogP contribution is -2.57. The Bertz CT molecular complexity index is 522. The lowest BCUT2D eigenvalue weighted by molar-refractivity contribution is -0.151. The first kappa shape index (κ1) is 16.0. The van der Waals surface area contributed by atoms with Crippen molar-refractivity contribution in [2.45, 2.75) is 39.7 Å². The van der Waals surface area contributed by atoms with E-state index in [2.05, 4.69) is 5.32 Å². The third-order valence-electron chi connectivity index (χ3n) is 3.86. The van der Waals surface area contributed by atoms with Gasteiger partial charge in [0.2, 0.25) is 5.91 Å². The van der Waals surface area contributed by atoms with Crippen LogP contribution in [0.4, 0.5) is 5.69 Å². The minimum absolute atomic E-state index is 0.171. The smallest absolute Gasteiger partial charge is 0.311 e. The quantitative estimate of drug-likeness (QED) is 0.716. The summed E-state index contributed by atoms with van der Waals surface area (Å²) in [6.45, 7) is 6.60. The molecule has 5 heteroatoms. The van der Waals surface area contributed by atoms with Crippen LogP contribution in [0.5, 0.6) is 0 Å².